The van der Waals surface area contributed by atoms with Crippen molar-refractivity contribution in [1.82, 2.24) is 4.90 Å². The molecule has 0 spiro atoms. The highest BCUT2D eigenvalue weighted by Crippen LogP contribution is 2.36. The minimum atomic E-state index is 0.158. The van der Waals surface area contributed by atoms with Gasteiger partial charge in [0.15, 0.2) is 0 Å². The number of nitrogen functional groups attached to an aromatic ring is 1. The first-order valence-corrected chi connectivity index (χ1v) is 7.30. The van der Waals surface area contributed by atoms with Crippen LogP contribution in [0.2, 0.25) is 0 Å². The van der Waals surface area contributed by atoms with Crippen LogP contribution in [0.25, 0.3) is 0 Å². The van der Waals surface area contributed by atoms with E-state index in [9.17, 15) is 4.79 Å². The molecule has 0 aromatic heterocycles. The predicted octanol–water partition coefficient (Wildman–Crippen LogP) is 3.05. The van der Waals surface area contributed by atoms with Gasteiger partial charge in [0.25, 0.3) is 5.91 Å². The molecule has 1 aromatic rings. The number of nitrogens with two attached hydrogens (primary N) is 1. The molecule has 1 amide bonds. The monoisotopic (exact) mass is 308 g/mol. The zero-order chi connectivity index (χ0) is 12.7. The second kappa shape index (κ2) is 4.57. The molecular formula is C14H17BrN2O. The molecular weight excluding hydrogens is 292 g/mol. The molecule has 96 valence electrons. The number of hydrogen-bond donors (Lipinski definition) is 1. The first-order chi connectivity index (χ1) is 8.65. The molecule has 0 bridgehead atoms. The van der Waals surface area contributed by atoms with Gasteiger partial charge in [-0.15, -0.1) is 0 Å². The van der Waals surface area contributed by atoms with Crippen molar-refractivity contribution < 1.29 is 4.79 Å². The Labute approximate surface area is 115 Å². The van der Waals surface area contributed by atoms with Crippen LogP contribution in [0.15, 0.2) is 22.7 Å². The Balaban J connectivity index is 1.79. The van der Waals surface area contributed by atoms with Crippen LogP contribution in [0.4, 0.5) is 5.69 Å². The van der Waals surface area contributed by atoms with E-state index in [1.807, 2.05) is 12.1 Å². The van der Waals surface area contributed by atoms with Crippen molar-refractivity contribution in [1.29, 1.82) is 0 Å². The van der Waals surface area contributed by atoms with E-state index in [4.69, 9.17) is 5.73 Å². The smallest absolute Gasteiger partial charge is 0.254 e. The van der Waals surface area contributed by atoms with Gasteiger partial charge >= 0.3 is 0 Å². The number of carbonyl (C=O) groups excluding carboxylic acids is 1. The van der Waals surface area contributed by atoms with Crippen LogP contribution in [0, 0.1) is 5.92 Å². The van der Waals surface area contributed by atoms with Crippen LogP contribution in [0.1, 0.15) is 36.0 Å². The number of benzene rings is 1. The molecule has 2 aliphatic carbocycles. The third-order valence-corrected chi connectivity index (χ3v) is 4.33. The number of amides is 1. The summed E-state index contributed by atoms with van der Waals surface area (Å²) < 4.78 is 0.801. The van der Waals surface area contributed by atoms with Crippen molar-refractivity contribution >= 4 is 27.5 Å². The second-order valence-corrected chi connectivity index (χ2v) is 6.22. The summed E-state index contributed by atoms with van der Waals surface area (Å²) in [5.41, 5.74) is 7.17. The summed E-state index contributed by atoms with van der Waals surface area (Å²) in [5.74, 6) is 0.900. The molecule has 18 heavy (non-hydrogen) atoms. The molecule has 2 fully saturated rings. The van der Waals surface area contributed by atoms with E-state index in [-0.39, 0.29) is 5.91 Å². The van der Waals surface area contributed by atoms with Crippen LogP contribution < -0.4 is 5.73 Å². The number of halogens is 1. The van der Waals surface area contributed by atoms with Crippen molar-refractivity contribution in [3.05, 3.63) is 28.2 Å². The van der Waals surface area contributed by atoms with E-state index < -0.39 is 0 Å². The molecule has 1 aromatic carbocycles. The van der Waals surface area contributed by atoms with Gasteiger partial charge in [-0.25, -0.2) is 0 Å². The Morgan fingerprint density at radius 3 is 2.61 bits per heavy atom. The molecule has 2 N–H and O–H groups in total. The molecule has 3 rings (SSSR count). The number of hydrogen-bond acceptors (Lipinski definition) is 2. The Hall–Kier alpha value is -1.03. The molecule has 2 aliphatic rings. The topological polar surface area (TPSA) is 46.3 Å². The molecule has 2 saturated carbocycles. The molecule has 4 heteroatoms. The van der Waals surface area contributed by atoms with Crippen molar-refractivity contribution in [2.75, 3.05) is 12.3 Å². The molecule has 0 radical (unpaired) electrons. The van der Waals surface area contributed by atoms with E-state index in [0.717, 1.165) is 35.3 Å². The molecule has 0 aliphatic heterocycles. The average molecular weight is 309 g/mol. The summed E-state index contributed by atoms with van der Waals surface area (Å²) in [6.45, 7) is 0.936. The quantitative estimate of drug-likeness (QED) is 0.869. The van der Waals surface area contributed by atoms with E-state index >= 15 is 0 Å². The maximum atomic E-state index is 12.5. The fourth-order valence-electron chi connectivity index (χ4n) is 2.19. The van der Waals surface area contributed by atoms with Crippen LogP contribution in [-0.4, -0.2) is 23.4 Å². The second-order valence-electron chi connectivity index (χ2n) is 5.37. The van der Waals surface area contributed by atoms with E-state index in [0.29, 0.717) is 11.7 Å². The summed E-state index contributed by atoms with van der Waals surface area (Å²) in [4.78, 5) is 14.6. The van der Waals surface area contributed by atoms with Crippen molar-refractivity contribution in [3.8, 4) is 0 Å². The lowest BCUT2D eigenvalue weighted by molar-refractivity contribution is 0.0735. The van der Waals surface area contributed by atoms with Gasteiger partial charge in [0.2, 0.25) is 0 Å². The first kappa shape index (κ1) is 12.0. The lowest BCUT2D eigenvalue weighted by atomic mass is 10.1. The zero-order valence-electron chi connectivity index (χ0n) is 10.2. The van der Waals surface area contributed by atoms with Gasteiger partial charge in [0, 0.05) is 28.3 Å². The molecule has 3 nitrogen and oxygen atoms in total. The van der Waals surface area contributed by atoms with E-state index in [1.54, 1.807) is 6.07 Å². The third kappa shape index (κ3) is 2.53. The summed E-state index contributed by atoms with van der Waals surface area (Å²) >= 11 is 3.38. The zero-order valence-corrected chi connectivity index (χ0v) is 11.8. The largest absolute Gasteiger partial charge is 0.398 e. The van der Waals surface area contributed by atoms with Crippen LogP contribution >= 0.6 is 15.9 Å². The Morgan fingerprint density at radius 2 is 2.06 bits per heavy atom. The lowest BCUT2D eigenvalue weighted by Crippen LogP contribution is -2.34. The van der Waals surface area contributed by atoms with E-state index in [2.05, 4.69) is 20.8 Å². The standard InChI is InChI=1S/C14H17BrN2O/c15-12-7-10(3-6-13(12)16)14(18)17(11-4-5-11)8-9-1-2-9/h3,6-7,9,11H,1-2,4-5,8,16H2. The molecule has 0 heterocycles. The normalized spacial score (nSPS) is 18.7. The van der Waals surface area contributed by atoms with Crippen molar-refractivity contribution in [2.24, 2.45) is 5.92 Å². The number of nitrogens with zero attached hydrogens (tertiary/aromatic N) is 1. The maximum Gasteiger partial charge on any atom is 0.254 e. The van der Waals surface area contributed by atoms with Gasteiger partial charge in [-0.2, -0.15) is 0 Å². The molecule has 0 unspecified atom stereocenters. The minimum absolute atomic E-state index is 0.158. The number of rotatable bonds is 4. The van der Waals surface area contributed by atoms with Crippen LogP contribution in [-0.2, 0) is 0 Å². The summed E-state index contributed by atoms with van der Waals surface area (Å²) in [5, 5.41) is 0. The first-order valence-electron chi connectivity index (χ1n) is 6.51. The minimum Gasteiger partial charge on any atom is -0.398 e. The highest BCUT2D eigenvalue weighted by molar-refractivity contribution is 9.10. The summed E-state index contributed by atoms with van der Waals surface area (Å²) in [7, 11) is 0. The van der Waals surface area contributed by atoms with Gasteiger partial charge in [-0.1, -0.05) is 0 Å². The third-order valence-electron chi connectivity index (χ3n) is 3.65. The number of carbonyl (C=O) groups is 1. The number of anilines is 1. The highest BCUT2D eigenvalue weighted by atomic mass is 79.9. The SMILES string of the molecule is Nc1ccc(C(=O)N(CC2CC2)C2CC2)cc1Br. The summed E-state index contributed by atoms with van der Waals surface area (Å²) in [6.07, 6.45) is 4.88. The maximum absolute atomic E-state index is 12.5. The lowest BCUT2D eigenvalue weighted by Gasteiger charge is -2.22. The van der Waals surface area contributed by atoms with Crippen LogP contribution in [0.3, 0.4) is 0 Å². The Bertz CT molecular complexity index is 481. The van der Waals surface area contributed by atoms with Gasteiger partial charge in [0.1, 0.15) is 0 Å². The highest BCUT2D eigenvalue weighted by Gasteiger charge is 2.36. The van der Waals surface area contributed by atoms with Crippen molar-refractivity contribution in [2.45, 2.75) is 31.7 Å². The average Bonchev–Trinajstić information content (AvgIpc) is 3.22. The summed E-state index contributed by atoms with van der Waals surface area (Å²) in [6, 6.07) is 5.93. The Morgan fingerprint density at radius 1 is 1.33 bits per heavy atom. The van der Waals surface area contributed by atoms with Crippen molar-refractivity contribution in [3.63, 3.8) is 0 Å². The van der Waals surface area contributed by atoms with Gasteiger partial charge in [-0.3, -0.25) is 4.79 Å². The predicted molar refractivity (Wildman–Crippen MR) is 75.3 cm³/mol. The fourth-order valence-corrected chi connectivity index (χ4v) is 2.57. The fraction of sp³-hybridized carbons (Fsp3) is 0.500. The van der Waals surface area contributed by atoms with Gasteiger partial charge in [0.05, 0.1) is 0 Å². The van der Waals surface area contributed by atoms with Gasteiger partial charge in [-0.05, 0) is 65.7 Å². The Kier molecular flexibility index (Phi) is 3.06. The molecule has 0 saturated heterocycles. The van der Waals surface area contributed by atoms with Gasteiger partial charge < -0.3 is 10.6 Å². The molecule has 0 atom stereocenters. The van der Waals surface area contributed by atoms with E-state index in [1.165, 1.54) is 12.8 Å². The van der Waals surface area contributed by atoms with Crippen LogP contribution in [0.5, 0.6) is 0 Å².